The molecule has 2 fully saturated rings. The average molecular weight is 447 g/mol. The van der Waals surface area contributed by atoms with Gasteiger partial charge in [0.05, 0.1) is 6.54 Å². The van der Waals surface area contributed by atoms with Crippen molar-refractivity contribution in [2.75, 3.05) is 42.9 Å². The van der Waals surface area contributed by atoms with E-state index in [9.17, 15) is 0 Å². The number of piperazine rings is 1. The van der Waals surface area contributed by atoms with Gasteiger partial charge in [-0.05, 0) is 55.4 Å². The fourth-order valence-corrected chi connectivity index (χ4v) is 4.63. The third-order valence-corrected chi connectivity index (χ3v) is 6.54. The van der Waals surface area contributed by atoms with Crippen LogP contribution in [-0.4, -0.2) is 48.5 Å². The van der Waals surface area contributed by atoms with Crippen LogP contribution in [0.2, 0.25) is 0 Å². The second-order valence-electron chi connectivity index (χ2n) is 9.17. The SMILES string of the molecule is CC1=Cc2c(ccc(Oc3nc(NC4=NCC(C5CC5)=C4)cc(N4CCNCC4)n3)c2F)C1. The van der Waals surface area contributed by atoms with Gasteiger partial charge in [-0.25, -0.2) is 4.39 Å². The summed E-state index contributed by atoms with van der Waals surface area (Å²) in [4.78, 5) is 16.0. The molecule has 7 nitrogen and oxygen atoms in total. The van der Waals surface area contributed by atoms with Gasteiger partial charge >= 0.3 is 6.01 Å². The molecule has 1 saturated heterocycles. The van der Waals surface area contributed by atoms with E-state index >= 15 is 4.39 Å². The third kappa shape index (κ3) is 4.23. The van der Waals surface area contributed by atoms with Gasteiger partial charge < -0.3 is 20.3 Å². The van der Waals surface area contributed by atoms with Crippen LogP contribution in [0.3, 0.4) is 0 Å². The Bertz CT molecular complexity index is 1190. The molecule has 1 aromatic carbocycles. The van der Waals surface area contributed by atoms with Gasteiger partial charge in [-0.15, -0.1) is 0 Å². The van der Waals surface area contributed by atoms with E-state index in [1.807, 2.05) is 25.1 Å². The van der Waals surface area contributed by atoms with E-state index in [4.69, 9.17) is 4.74 Å². The Labute approximate surface area is 192 Å². The highest BCUT2D eigenvalue weighted by molar-refractivity contribution is 6.05. The maximum absolute atomic E-state index is 15.2. The van der Waals surface area contributed by atoms with Crippen LogP contribution in [-0.2, 0) is 6.42 Å². The first-order chi connectivity index (χ1) is 16.1. The highest BCUT2D eigenvalue weighted by Crippen LogP contribution is 2.38. The zero-order valence-electron chi connectivity index (χ0n) is 18.7. The minimum absolute atomic E-state index is 0.121. The van der Waals surface area contributed by atoms with Crippen LogP contribution in [0.5, 0.6) is 11.8 Å². The molecule has 0 radical (unpaired) electrons. The van der Waals surface area contributed by atoms with Gasteiger partial charge in [0.25, 0.3) is 0 Å². The first kappa shape index (κ1) is 20.4. The van der Waals surface area contributed by atoms with Crippen LogP contribution in [0.15, 0.2) is 40.4 Å². The number of anilines is 2. The van der Waals surface area contributed by atoms with Crippen molar-refractivity contribution in [1.29, 1.82) is 0 Å². The standard InChI is InChI=1S/C25H27FN6O/c1-15-10-17-4-5-20(24(26)19(17)11-15)33-25-30-22(13-23(31-25)32-8-6-27-7-9-32)29-21-12-18(14-28-21)16-2-3-16/h4-5,11-13,16,27H,2-3,6-10,14H2,1H3,(H,28,29,30,31). The molecule has 0 bridgehead atoms. The van der Waals surface area contributed by atoms with E-state index in [0.29, 0.717) is 17.3 Å². The molecule has 3 heterocycles. The Morgan fingerprint density at radius 2 is 2.00 bits per heavy atom. The van der Waals surface area contributed by atoms with Gasteiger partial charge in [0, 0.05) is 37.8 Å². The van der Waals surface area contributed by atoms with Crippen molar-refractivity contribution in [3.8, 4) is 11.8 Å². The van der Waals surface area contributed by atoms with Gasteiger partial charge in [-0.3, -0.25) is 4.99 Å². The molecular formula is C25H27FN6O. The van der Waals surface area contributed by atoms with Crippen molar-refractivity contribution >= 4 is 23.5 Å². The molecule has 4 aliphatic rings. The predicted octanol–water partition coefficient (Wildman–Crippen LogP) is 3.94. The Morgan fingerprint density at radius 1 is 1.15 bits per heavy atom. The Balaban J connectivity index is 1.30. The van der Waals surface area contributed by atoms with Crippen LogP contribution in [0.25, 0.3) is 6.08 Å². The van der Waals surface area contributed by atoms with Crippen LogP contribution >= 0.6 is 0 Å². The molecule has 0 unspecified atom stereocenters. The lowest BCUT2D eigenvalue weighted by atomic mass is 10.1. The zero-order valence-corrected chi connectivity index (χ0v) is 18.7. The van der Waals surface area contributed by atoms with Crippen molar-refractivity contribution < 1.29 is 9.13 Å². The minimum atomic E-state index is -0.368. The summed E-state index contributed by atoms with van der Waals surface area (Å²) in [6.07, 6.45) is 7.29. The molecule has 2 aliphatic heterocycles. The quantitative estimate of drug-likeness (QED) is 0.725. The van der Waals surface area contributed by atoms with Crippen molar-refractivity contribution in [2.45, 2.75) is 26.2 Å². The maximum atomic E-state index is 15.2. The third-order valence-electron chi connectivity index (χ3n) is 6.54. The normalized spacial score (nSPS) is 19.7. The Hall–Kier alpha value is -3.26. The number of rotatable bonds is 5. The number of hydrogen-bond acceptors (Lipinski definition) is 7. The fourth-order valence-electron chi connectivity index (χ4n) is 4.63. The number of aromatic nitrogens is 2. The monoisotopic (exact) mass is 446 g/mol. The summed E-state index contributed by atoms with van der Waals surface area (Å²) in [5.41, 5.74) is 4.10. The second-order valence-corrected chi connectivity index (χ2v) is 9.17. The average Bonchev–Trinajstić information content (AvgIpc) is 3.45. The molecule has 170 valence electrons. The number of benzene rings is 1. The molecule has 33 heavy (non-hydrogen) atoms. The summed E-state index contributed by atoms with van der Waals surface area (Å²) >= 11 is 0. The molecule has 0 spiro atoms. The second kappa shape index (κ2) is 8.26. The number of allylic oxidation sites excluding steroid dienone is 1. The number of aliphatic imine (C=N–C) groups is 1. The minimum Gasteiger partial charge on any atom is -0.421 e. The lowest BCUT2D eigenvalue weighted by Gasteiger charge is -2.28. The van der Waals surface area contributed by atoms with Gasteiger partial charge in [-0.2, -0.15) is 9.97 Å². The topological polar surface area (TPSA) is 74.7 Å². The number of ether oxygens (including phenoxy) is 1. The molecule has 1 aromatic heterocycles. The lowest BCUT2D eigenvalue weighted by Crippen LogP contribution is -2.44. The molecule has 2 aromatic rings. The molecule has 0 atom stereocenters. The first-order valence-electron chi connectivity index (χ1n) is 11.7. The van der Waals surface area contributed by atoms with Crippen molar-refractivity contribution in [1.82, 2.24) is 15.3 Å². The van der Waals surface area contributed by atoms with E-state index in [-0.39, 0.29) is 17.6 Å². The highest BCUT2D eigenvalue weighted by atomic mass is 19.1. The molecule has 6 rings (SSSR count). The van der Waals surface area contributed by atoms with Crippen LogP contribution < -0.4 is 20.3 Å². The Morgan fingerprint density at radius 3 is 2.82 bits per heavy atom. The summed E-state index contributed by atoms with van der Waals surface area (Å²) in [5, 5.41) is 6.67. The summed E-state index contributed by atoms with van der Waals surface area (Å²) in [6.45, 7) is 6.19. The smallest absolute Gasteiger partial charge is 0.326 e. The number of hydrogen-bond donors (Lipinski definition) is 2. The summed E-state index contributed by atoms with van der Waals surface area (Å²) in [7, 11) is 0. The number of amidine groups is 1. The molecule has 2 aliphatic carbocycles. The van der Waals surface area contributed by atoms with Crippen LogP contribution in [0.4, 0.5) is 16.0 Å². The predicted molar refractivity (Wildman–Crippen MR) is 128 cm³/mol. The van der Waals surface area contributed by atoms with Crippen LogP contribution in [0, 0.1) is 11.7 Å². The highest BCUT2D eigenvalue weighted by Gasteiger charge is 2.28. The lowest BCUT2D eigenvalue weighted by molar-refractivity contribution is 0.410. The van der Waals surface area contributed by atoms with E-state index in [1.165, 1.54) is 18.4 Å². The van der Waals surface area contributed by atoms with Gasteiger partial charge in [-0.1, -0.05) is 17.7 Å². The number of fused-ring (bicyclic) bond motifs is 1. The first-order valence-corrected chi connectivity index (χ1v) is 11.7. The van der Waals surface area contributed by atoms with E-state index < -0.39 is 0 Å². The maximum Gasteiger partial charge on any atom is 0.326 e. The van der Waals surface area contributed by atoms with E-state index in [1.54, 1.807) is 6.07 Å². The van der Waals surface area contributed by atoms with Gasteiger partial charge in [0.15, 0.2) is 11.6 Å². The number of halogens is 1. The van der Waals surface area contributed by atoms with Gasteiger partial charge in [0.1, 0.15) is 17.5 Å². The van der Waals surface area contributed by atoms with Crippen LogP contribution in [0.1, 0.15) is 30.9 Å². The number of nitrogens with one attached hydrogen (secondary N) is 2. The molecule has 0 amide bonds. The molecule has 8 heteroatoms. The van der Waals surface area contributed by atoms with Crippen molar-refractivity contribution in [3.63, 3.8) is 0 Å². The summed E-state index contributed by atoms with van der Waals surface area (Å²) in [6, 6.07) is 5.61. The molecular weight excluding hydrogens is 419 g/mol. The largest absolute Gasteiger partial charge is 0.421 e. The Kier molecular flexibility index (Phi) is 5.10. The fraction of sp³-hybridized carbons (Fsp3) is 0.400. The van der Waals surface area contributed by atoms with E-state index in [0.717, 1.165) is 61.9 Å². The number of nitrogens with zero attached hydrogens (tertiary/aromatic N) is 4. The zero-order chi connectivity index (χ0) is 22.4. The van der Waals surface area contributed by atoms with Gasteiger partial charge in [0.2, 0.25) is 0 Å². The molecule has 1 saturated carbocycles. The van der Waals surface area contributed by atoms with Crippen molar-refractivity contribution in [3.05, 3.63) is 52.4 Å². The summed E-state index contributed by atoms with van der Waals surface area (Å²) in [5.74, 6) is 2.61. The van der Waals surface area contributed by atoms with Crippen molar-refractivity contribution in [2.24, 2.45) is 10.9 Å². The molecule has 2 N–H and O–H groups in total. The van der Waals surface area contributed by atoms with E-state index in [2.05, 4.69) is 36.6 Å². The summed E-state index contributed by atoms with van der Waals surface area (Å²) < 4.78 is 21.1.